The van der Waals surface area contributed by atoms with Crippen molar-refractivity contribution in [2.45, 2.75) is 45.2 Å². The van der Waals surface area contributed by atoms with Crippen LogP contribution in [0, 0.1) is 5.82 Å². The highest BCUT2D eigenvalue weighted by atomic mass is 32.2. The first-order valence-corrected chi connectivity index (χ1v) is 12.8. The number of hydrogen-bond donors (Lipinski definition) is 0. The van der Waals surface area contributed by atoms with Gasteiger partial charge in [0.25, 0.3) is 5.91 Å². The third-order valence-electron chi connectivity index (χ3n) is 5.69. The van der Waals surface area contributed by atoms with E-state index in [4.69, 9.17) is 0 Å². The lowest BCUT2D eigenvalue weighted by Gasteiger charge is -2.24. The summed E-state index contributed by atoms with van der Waals surface area (Å²) in [4.78, 5) is 18.8. The van der Waals surface area contributed by atoms with Gasteiger partial charge in [0.2, 0.25) is 10.0 Å². The molecule has 0 aliphatic heterocycles. The molecule has 0 N–H and O–H groups in total. The van der Waals surface area contributed by atoms with Crippen LogP contribution >= 0.6 is 0 Å². The Morgan fingerprint density at radius 2 is 1.56 bits per heavy atom. The average Bonchev–Trinajstić information content (AvgIpc) is 2.85. The second kappa shape index (κ2) is 11.4. The number of aryl methyl sites for hydroxylation is 1. The number of hydrogen-bond acceptors (Lipinski definition) is 4. The van der Waals surface area contributed by atoms with E-state index < -0.39 is 20.7 Å². The summed E-state index contributed by atoms with van der Waals surface area (Å²) >= 11 is 0. The van der Waals surface area contributed by atoms with E-state index in [-0.39, 0.29) is 31.1 Å². The highest BCUT2D eigenvalue weighted by Gasteiger charge is 2.27. The summed E-state index contributed by atoms with van der Waals surface area (Å²) < 4.78 is 41.7. The van der Waals surface area contributed by atoms with Crippen molar-refractivity contribution in [1.29, 1.82) is 0 Å². The van der Waals surface area contributed by atoms with Crippen LogP contribution in [0.15, 0.2) is 71.9 Å². The summed E-state index contributed by atoms with van der Waals surface area (Å²) in [6.45, 7) is 6.45. The van der Waals surface area contributed by atoms with Gasteiger partial charge >= 0.3 is 0 Å². The minimum atomic E-state index is -4.06. The molecule has 0 spiro atoms. The summed E-state index contributed by atoms with van der Waals surface area (Å²) in [5.41, 5.74) is 3.08. The van der Waals surface area contributed by atoms with Gasteiger partial charge in [0.05, 0.1) is 0 Å². The van der Waals surface area contributed by atoms with Crippen LogP contribution in [-0.4, -0.2) is 41.6 Å². The predicted octanol–water partition coefficient (Wildman–Crippen LogP) is 4.66. The Morgan fingerprint density at radius 3 is 2.15 bits per heavy atom. The van der Waals surface area contributed by atoms with Gasteiger partial charge in [-0.2, -0.15) is 4.31 Å². The van der Waals surface area contributed by atoms with Crippen molar-refractivity contribution in [3.05, 3.63) is 95.1 Å². The molecule has 0 radical (unpaired) electrons. The quantitative estimate of drug-likeness (QED) is 0.421. The molecule has 8 heteroatoms. The Balaban J connectivity index is 1.98. The number of pyridine rings is 1. The van der Waals surface area contributed by atoms with Crippen LogP contribution in [0.2, 0.25) is 0 Å². The second-order valence-electron chi connectivity index (χ2n) is 7.93. The summed E-state index contributed by atoms with van der Waals surface area (Å²) in [6.07, 6.45) is 4.25. The number of carbonyl (C=O) groups is 1. The van der Waals surface area contributed by atoms with Crippen LogP contribution in [-0.2, 0) is 29.5 Å². The van der Waals surface area contributed by atoms with Gasteiger partial charge < -0.3 is 4.90 Å². The fourth-order valence-electron chi connectivity index (χ4n) is 3.73. The number of halogens is 1. The lowest BCUT2D eigenvalue weighted by atomic mass is 10.1. The highest BCUT2D eigenvalue weighted by Crippen LogP contribution is 2.23. The van der Waals surface area contributed by atoms with Crippen molar-refractivity contribution in [1.82, 2.24) is 14.2 Å². The van der Waals surface area contributed by atoms with Crippen molar-refractivity contribution >= 4 is 15.9 Å². The van der Waals surface area contributed by atoms with Crippen LogP contribution in [0.5, 0.6) is 0 Å². The Morgan fingerprint density at radius 1 is 0.912 bits per heavy atom. The van der Waals surface area contributed by atoms with Gasteiger partial charge in [-0.05, 0) is 47.4 Å². The first kappa shape index (κ1) is 25.5. The molecule has 180 valence electrons. The molecular weight excluding hydrogens is 453 g/mol. The Hall–Kier alpha value is -3.10. The Bertz CT molecular complexity index is 1210. The standard InChI is InChI=1S/C26H30FN3O3S/c1-4-20-9-11-21(12-10-20)18-29(19-22-8-7-15-28-17-22)26(31)23-13-14-24(27)25(16-23)34(32,33)30(5-2)6-3/h7-17H,4-6,18-19H2,1-3H3. The third-order valence-corrected chi connectivity index (χ3v) is 7.75. The van der Waals surface area contributed by atoms with Gasteiger partial charge in [-0.1, -0.05) is 51.1 Å². The normalized spacial score (nSPS) is 11.6. The van der Waals surface area contributed by atoms with Crippen LogP contribution in [0.1, 0.15) is 47.8 Å². The molecule has 0 atom stereocenters. The largest absolute Gasteiger partial charge is 0.330 e. The van der Waals surface area contributed by atoms with E-state index in [0.717, 1.165) is 29.7 Å². The van der Waals surface area contributed by atoms with E-state index in [1.807, 2.05) is 30.3 Å². The molecular formula is C26H30FN3O3S. The molecule has 0 bridgehead atoms. The molecule has 3 rings (SSSR count). The van der Waals surface area contributed by atoms with Gasteiger partial charge in [0.1, 0.15) is 10.7 Å². The summed E-state index contributed by atoms with van der Waals surface area (Å²) in [7, 11) is -4.06. The van der Waals surface area contributed by atoms with Crippen LogP contribution in [0.25, 0.3) is 0 Å². The number of amides is 1. The summed E-state index contributed by atoms with van der Waals surface area (Å²) in [6, 6.07) is 15.2. The van der Waals surface area contributed by atoms with Gasteiger partial charge in [0, 0.05) is 44.1 Å². The molecule has 1 aromatic heterocycles. The number of sulfonamides is 1. The van der Waals surface area contributed by atoms with Crippen molar-refractivity contribution in [2.75, 3.05) is 13.1 Å². The first-order chi connectivity index (χ1) is 16.3. The number of nitrogens with zero attached hydrogens (tertiary/aromatic N) is 3. The fraction of sp³-hybridized carbons (Fsp3) is 0.308. The Labute approximate surface area is 201 Å². The molecule has 0 unspecified atom stereocenters. The summed E-state index contributed by atoms with van der Waals surface area (Å²) in [5, 5.41) is 0. The minimum Gasteiger partial charge on any atom is -0.330 e. The van der Waals surface area contributed by atoms with Crippen LogP contribution in [0.4, 0.5) is 4.39 Å². The maximum atomic E-state index is 14.6. The molecule has 0 aliphatic carbocycles. The van der Waals surface area contributed by atoms with Crippen molar-refractivity contribution in [3.63, 3.8) is 0 Å². The molecule has 0 aliphatic rings. The number of aromatic nitrogens is 1. The average molecular weight is 484 g/mol. The lowest BCUT2D eigenvalue weighted by molar-refractivity contribution is 0.0729. The third kappa shape index (κ3) is 5.87. The number of rotatable bonds is 10. The van der Waals surface area contributed by atoms with E-state index in [2.05, 4.69) is 11.9 Å². The zero-order valence-corrected chi connectivity index (χ0v) is 20.6. The zero-order valence-electron chi connectivity index (χ0n) is 19.7. The predicted molar refractivity (Wildman–Crippen MR) is 130 cm³/mol. The van der Waals surface area contributed by atoms with Gasteiger partial charge in [-0.3, -0.25) is 9.78 Å². The molecule has 1 amide bonds. The van der Waals surface area contributed by atoms with E-state index >= 15 is 0 Å². The summed E-state index contributed by atoms with van der Waals surface area (Å²) in [5.74, 6) is -1.27. The van der Waals surface area contributed by atoms with E-state index in [9.17, 15) is 17.6 Å². The van der Waals surface area contributed by atoms with Gasteiger partial charge in [0.15, 0.2) is 0 Å². The molecule has 0 saturated carbocycles. The lowest BCUT2D eigenvalue weighted by Crippen LogP contribution is -2.32. The van der Waals surface area contributed by atoms with E-state index in [0.29, 0.717) is 6.54 Å². The van der Waals surface area contributed by atoms with E-state index in [1.165, 1.54) is 15.9 Å². The zero-order chi connectivity index (χ0) is 24.7. The topological polar surface area (TPSA) is 70.6 Å². The molecule has 3 aromatic rings. The van der Waals surface area contributed by atoms with Gasteiger partial charge in [-0.25, -0.2) is 12.8 Å². The van der Waals surface area contributed by atoms with Gasteiger partial charge in [-0.15, -0.1) is 0 Å². The highest BCUT2D eigenvalue weighted by molar-refractivity contribution is 7.89. The van der Waals surface area contributed by atoms with Crippen molar-refractivity contribution in [3.8, 4) is 0 Å². The molecule has 2 aromatic carbocycles. The second-order valence-corrected chi connectivity index (χ2v) is 9.83. The SMILES string of the molecule is CCc1ccc(CN(Cc2cccnc2)C(=O)c2ccc(F)c(S(=O)(=O)N(CC)CC)c2)cc1. The molecule has 1 heterocycles. The minimum absolute atomic E-state index is 0.112. The van der Waals surface area contributed by atoms with Crippen molar-refractivity contribution in [2.24, 2.45) is 0 Å². The fourth-order valence-corrected chi connectivity index (χ4v) is 5.28. The van der Waals surface area contributed by atoms with Crippen LogP contribution in [0.3, 0.4) is 0 Å². The number of benzene rings is 2. The molecule has 34 heavy (non-hydrogen) atoms. The molecule has 6 nitrogen and oxygen atoms in total. The maximum absolute atomic E-state index is 14.6. The smallest absolute Gasteiger partial charge is 0.254 e. The van der Waals surface area contributed by atoms with Crippen molar-refractivity contribution < 1.29 is 17.6 Å². The maximum Gasteiger partial charge on any atom is 0.254 e. The monoisotopic (exact) mass is 483 g/mol. The van der Waals surface area contributed by atoms with Crippen LogP contribution < -0.4 is 0 Å². The first-order valence-electron chi connectivity index (χ1n) is 11.4. The molecule has 0 saturated heterocycles. The number of carbonyl (C=O) groups excluding carboxylic acids is 1. The molecule has 0 fully saturated rings. The van der Waals surface area contributed by atoms with E-state index in [1.54, 1.807) is 37.2 Å². The Kier molecular flexibility index (Phi) is 8.52.